The van der Waals surface area contributed by atoms with Gasteiger partial charge >= 0.3 is 6.09 Å². The highest BCUT2D eigenvalue weighted by Gasteiger charge is 2.24. The zero-order chi connectivity index (χ0) is 22.1. The Hall–Kier alpha value is -2.28. The quantitative estimate of drug-likeness (QED) is 0.685. The summed E-state index contributed by atoms with van der Waals surface area (Å²) in [6.07, 6.45) is 2.07. The lowest BCUT2D eigenvalue weighted by molar-refractivity contribution is -0.131. The Morgan fingerprint density at radius 1 is 1.13 bits per heavy atom. The van der Waals surface area contributed by atoms with Crippen LogP contribution < -0.4 is 10.6 Å². The molecule has 1 aromatic rings. The first-order valence-electron chi connectivity index (χ1n) is 10.4. The third kappa shape index (κ3) is 8.61. The molecule has 0 aliphatic carbocycles. The van der Waals surface area contributed by atoms with Crippen molar-refractivity contribution in [2.45, 2.75) is 52.1 Å². The van der Waals surface area contributed by atoms with E-state index in [4.69, 9.17) is 16.3 Å². The summed E-state index contributed by atoms with van der Waals surface area (Å²) in [5, 5.41) is 6.17. The van der Waals surface area contributed by atoms with Crippen LogP contribution in [-0.2, 0) is 20.7 Å². The number of rotatable bonds is 7. The number of alkyl carbamates (subject to hydrolysis) is 1. The van der Waals surface area contributed by atoms with Gasteiger partial charge in [0.05, 0.1) is 0 Å². The van der Waals surface area contributed by atoms with Crippen LogP contribution >= 0.6 is 11.6 Å². The molecule has 1 heterocycles. The molecule has 0 atom stereocenters. The van der Waals surface area contributed by atoms with Crippen molar-refractivity contribution in [3.05, 3.63) is 34.9 Å². The molecule has 1 aliphatic heterocycles. The van der Waals surface area contributed by atoms with Gasteiger partial charge in [0, 0.05) is 31.1 Å². The molecule has 0 aromatic heterocycles. The molecule has 8 heteroatoms. The van der Waals surface area contributed by atoms with E-state index in [1.165, 1.54) is 0 Å². The summed E-state index contributed by atoms with van der Waals surface area (Å²) in [5.41, 5.74) is 0.379. The summed E-state index contributed by atoms with van der Waals surface area (Å²) >= 11 is 6.12. The number of hydrogen-bond acceptors (Lipinski definition) is 4. The smallest absolute Gasteiger partial charge is 0.408 e. The molecule has 1 aromatic carbocycles. The number of halogens is 1. The van der Waals surface area contributed by atoms with Crippen molar-refractivity contribution >= 4 is 29.5 Å². The predicted molar refractivity (Wildman–Crippen MR) is 116 cm³/mol. The lowest BCUT2D eigenvalue weighted by atomic mass is 9.96. The van der Waals surface area contributed by atoms with E-state index in [9.17, 15) is 14.4 Å². The van der Waals surface area contributed by atoms with Crippen LogP contribution in [0, 0.1) is 5.92 Å². The number of hydrogen-bond donors (Lipinski definition) is 2. The monoisotopic (exact) mass is 437 g/mol. The molecule has 30 heavy (non-hydrogen) atoms. The minimum absolute atomic E-state index is 0.00925. The first kappa shape index (κ1) is 24.0. The fourth-order valence-electron chi connectivity index (χ4n) is 3.26. The van der Waals surface area contributed by atoms with Crippen LogP contribution in [0.1, 0.15) is 45.6 Å². The predicted octanol–water partition coefficient (Wildman–Crippen LogP) is 3.15. The number of benzene rings is 1. The molecular formula is C22H32ClN3O4. The van der Waals surface area contributed by atoms with Crippen LogP contribution in [0.4, 0.5) is 4.79 Å². The third-order valence-electron chi connectivity index (χ3n) is 4.92. The summed E-state index contributed by atoms with van der Waals surface area (Å²) < 4.78 is 5.13. The fourth-order valence-corrected chi connectivity index (χ4v) is 3.49. The molecule has 3 amide bonds. The lowest BCUT2D eigenvalue weighted by Gasteiger charge is -2.32. The van der Waals surface area contributed by atoms with E-state index < -0.39 is 11.7 Å². The fraction of sp³-hybridized carbons (Fsp3) is 0.591. The average Bonchev–Trinajstić information content (AvgIpc) is 2.69. The highest BCUT2D eigenvalue weighted by Crippen LogP contribution is 2.18. The van der Waals surface area contributed by atoms with Gasteiger partial charge in [0.25, 0.3) is 0 Å². The molecule has 1 fully saturated rings. The highest BCUT2D eigenvalue weighted by atomic mass is 35.5. The Labute approximate surface area is 183 Å². The molecular weight excluding hydrogens is 406 g/mol. The van der Waals surface area contributed by atoms with Gasteiger partial charge in [-0.3, -0.25) is 9.59 Å². The molecule has 7 nitrogen and oxygen atoms in total. The summed E-state index contributed by atoms with van der Waals surface area (Å²) in [5.74, 6) is 0.232. The number of carbonyl (C=O) groups excluding carboxylic acids is 3. The summed E-state index contributed by atoms with van der Waals surface area (Å²) in [7, 11) is 0. The molecule has 166 valence electrons. The van der Waals surface area contributed by atoms with E-state index >= 15 is 0 Å². The second kappa shape index (κ2) is 11.2. The van der Waals surface area contributed by atoms with Crippen molar-refractivity contribution in [2.24, 2.45) is 5.92 Å². The van der Waals surface area contributed by atoms with Crippen LogP contribution in [0.15, 0.2) is 24.3 Å². The van der Waals surface area contributed by atoms with Crippen molar-refractivity contribution in [2.75, 3.05) is 26.2 Å². The standard InChI is InChI=1S/C22H32ClN3O4/c1-22(2,3)30-21(29)25-15-20(28)26-12-10-16(11-13-26)14-24-19(27)9-8-17-6-4-5-7-18(17)23/h4-7,16H,8-15H2,1-3H3,(H,24,27)(H,25,29). The van der Waals surface area contributed by atoms with Crippen molar-refractivity contribution in [1.29, 1.82) is 0 Å². The minimum Gasteiger partial charge on any atom is -0.444 e. The van der Waals surface area contributed by atoms with Crippen molar-refractivity contribution < 1.29 is 19.1 Å². The topological polar surface area (TPSA) is 87.7 Å². The maximum absolute atomic E-state index is 12.3. The van der Waals surface area contributed by atoms with Crippen LogP contribution in [0.2, 0.25) is 5.02 Å². The average molecular weight is 438 g/mol. The van der Waals surface area contributed by atoms with E-state index in [1.807, 2.05) is 24.3 Å². The second-order valence-corrected chi connectivity index (χ2v) is 8.98. The molecule has 2 N–H and O–H groups in total. The number of ether oxygens (including phenoxy) is 1. The largest absolute Gasteiger partial charge is 0.444 e. The SMILES string of the molecule is CC(C)(C)OC(=O)NCC(=O)N1CCC(CNC(=O)CCc2ccccc2Cl)CC1. The van der Waals surface area contributed by atoms with E-state index in [1.54, 1.807) is 25.7 Å². The van der Waals surface area contributed by atoms with Crippen molar-refractivity contribution in [3.8, 4) is 0 Å². The van der Waals surface area contributed by atoms with Crippen LogP contribution in [-0.4, -0.2) is 54.6 Å². The molecule has 0 spiro atoms. The van der Waals surface area contributed by atoms with Crippen LogP contribution in [0.3, 0.4) is 0 Å². The van der Waals surface area contributed by atoms with E-state index in [0.717, 1.165) is 18.4 Å². The maximum Gasteiger partial charge on any atom is 0.408 e. The first-order chi connectivity index (χ1) is 14.1. The Morgan fingerprint density at radius 3 is 2.43 bits per heavy atom. The van der Waals surface area contributed by atoms with E-state index in [2.05, 4.69) is 10.6 Å². The van der Waals surface area contributed by atoms with Gasteiger partial charge in [0.2, 0.25) is 11.8 Å². The van der Waals surface area contributed by atoms with E-state index in [-0.39, 0.29) is 18.4 Å². The number of aryl methyl sites for hydroxylation is 1. The molecule has 1 aliphatic rings. The zero-order valence-corrected chi connectivity index (χ0v) is 18.8. The summed E-state index contributed by atoms with van der Waals surface area (Å²) in [4.78, 5) is 37.8. The van der Waals surface area contributed by atoms with Crippen LogP contribution in [0.25, 0.3) is 0 Å². The summed E-state index contributed by atoms with van der Waals surface area (Å²) in [6, 6.07) is 7.54. The number of piperidine rings is 1. The van der Waals surface area contributed by atoms with Crippen LogP contribution in [0.5, 0.6) is 0 Å². The number of nitrogens with zero attached hydrogens (tertiary/aromatic N) is 1. The number of carbonyl (C=O) groups is 3. The zero-order valence-electron chi connectivity index (χ0n) is 18.0. The van der Waals surface area contributed by atoms with Gasteiger partial charge in [0.15, 0.2) is 0 Å². The Morgan fingerprint density at radius 2 is 1.80 bits per heavy atom. The van der Waals surface area contributed by atoms with Crippen molar-refractivity contribution in [1.82, 2.24) is 15.5 Å². The third-order valence-corrected chi connectivity index (χ3v) is 5.29. The van der Waals surface area contributed by atoms with E-state index in [0.29, 0.717) is 43.4 Å². The van der Waals surface area contributed by atoms with Gasteiger partial charge in [0.1, 0.15) is 12.1 Å². The van der Waals surface area contributed by atoms with Crippen molar-refractivity contribution in [3.63, 3.8) is 0 Å². The Kier molecular flexibility index (Phi) is 8.96. The van der Waals surface area contributed by atoms with Gasteiger partial charge in [-0.05, 0) is 57.6 Å². The lowest BCUT2D eigenvalue weighted by Crippen LogP contribution is -2.46. The second-order valence-electron chi connectivity index (χ2n) is 8.58. The normalized spacial score (nSPS) is 14.9. The Balaban J connectivity index is 1.62. The maximum atomic E-state index is 12.3. The molecule has 0 unspecified atom stereocenters. The number of nitrogens with one attached hydrogen (secondary N) is 2. The highest BCUT2D eigenvalue weighted by molar-refractivity contribution is 6.31. The van der Waals surface area contributed by atoms with Gasteiger partial charge < -0.3 is 20.3 Å². The van der Waals surface area contributed by atoms with Gasteiger partial charge in [-0.25, -0.2) is 4.79 Å². The van der Waals surface area contributed by atoms with Gasteiger partial charge in [-0.1, -0.05) is 29.8 Å². The molecule has 1 saturated heterocycles. The molecule has 0 saturated carbocycles. The van der Waals surface area contributed by atoms with Gasteiger partial charge in [-0.15, -0.1) is 0 Å². The number of likely N-dealkylation sites (tertiary alicyclic amines) is 1. The number of amides is 3. The molecule has 2 rings (SSSR count). The molecule has 0 radical (unpaired) electrons. The first-order valence-corrected chi connectivity index (χ1v) is 10.8. The summed E-state index contributed by atoms with van der Waals surface area (Å²) in [6.45, 7) is 7.10. The minimum atomic E-state index is -0.594. The Bertz CT molecular complexity index is 740. The van der Waals surface area contributed by atoms with Gasteiger partial charge in [-0.2, -0.15) is 0 Å². The molecule has 0 bridgehead atoms.